The van der Waals surface area contributed by atoms with Crippen LogP contribution < -0.4 is 4.90 Å². The van der Waals surface area contributed by atoms with Crippen molar-refractivity contribution < 1.29 is 4.74 Å². The third-order valence-corrected chi connectivity index (χ3v) is 7.48. The molecule has 0 spiro atoms. The number of fused-ring (bicyclic) bond motifs is 1. The lowest BCUT2D eigenvalue weighted by Crippen LogP contribution is -2.30. The van der Waals surface area contributed by atoms with Crippen molar-refractivity contribution in [3.05, 3.63) is 29.8 Å². The first-order valence-electron chi connectivity index (χ1n) is 10.8. The van der Waals surface area contributed by atoms with E-state index in [9.17, 15) is 0 Å². The van der Waals surface area contributed by atoms with Crippen molar-refractivity contribution in [3.8, 4) is 0 Å². The van der Waals surface area contributed by atoms with Gasteiger partial charge in [0, 0.05) is 38.4 Å². The molecule has 0 amide bonds. The fourth-order valence-electron chi connectivity index (χ4n) is 5.46. The Morgan fingerprint density at radius 2 is 1.81 bits per heavy atom. The Morgan fingerprint density at radius 3 is 2.42 bits per heavy atom. The van der Waals surface area contributed by atoms with Gasteiger partial charge < -0.3 is 14.5 Å². The molecule has 0 N–H and O–H groups in total. The van der Waals surface area contributed by atoms with E-state index in [2.05, 4.69) is 54.8 Å². The third-order valence-electron chi connectivity index (χ3n) is 7.48. The van der Waals surface area contributed by atoms with Crippen LogP contribution in [0.1, 0.15) is 45.1 Å². The minimum absolute atomic E-state index is 0.473. The van der Waals surface area contributed by atoms with Crippen molar-refractivity contribution in [1.82, 2.24) is 4.90 Å². The zero-order chi connectivity index (χ0) is 18.1. The predicted molar refractivity (Wildman–Crippen MR) is 109 cm³/mol. The minimum Gasteiger partial charge on any atom is -0.378 e. The number of aryl methyl sites for hydroxylation is 1. The monoisotopic (exact) mass is 356 g/mol. The molecule has 0 bridgehead atoms. The molecule has 1 aromatic carbocycles. The summed E-state index contributed by atoms with van der Waals surface area (Å²) in [4.78, 5) is 5.32. The molecule has 0 aromatic heterocycles. The van der Waals surface area contributed by atoms with Crippen LogP contribution in [0.4, 0.5) is 5.69 Å². The van der Waals surface area contributed by atoms with E-state index in [1.165, 1.54) is 69.7 Å². The first-order valence-corrected chi connectivity index (χ1v) is 10.8. The summed E-state index contributed by atoms with van der Waals surface area (Å²) in [5.41, 5.74) is 3.26. The maximum Gasteiger partial charge on any atom is 0.0593 e. The highest BCUT2D eigenvalue weighted by Gasteiger charge is 2.41. The molecule has 1 aromatic rings. The molecule has 144 valence electrons. The second kappa shape index (κ2) is 7.52. The van der Waals surface area contributed by atoms with Crippen LogP contribution in [0.3, 0.4) is 0 Å². The Labute approximate surface area is 159 Å². The lowest BCUT2D eigenvalue weighted by molar-refractivity contribution is 0.0806. The summed E-state index contributed by atoms with van der Waals surface area (Å²) in [5.74, 6) is 1.70. The molecule has 0 radical (unpaired) electrons. The van der Waals surface area contributed by atoms with Gasteiger partial charge in [-0.15, -0.1) is 0 Å². The maximum absolute atomic E-state index is 6.16. The Hall–Kier alpha value is -1.06. The first-order chi connectivity index (χ1) is 12.6. The molecule has 4 rings (SSSR count). The molecule has 0 aliphatic carbocycles. The molecule has 3 atom stereocenters. The summed E-state index contributed by atoms with van der Waals surface area (Å²) in [6.07, 6.45) is 5.54. The van der Waals surface area contributed by atoms with Crippen LogP contribution in [0.5, 0.6) is 0 Å². The van der Waals surface area contributed by atoms with Gasteiger partial charge in [0.25, 0.3) is 0 Å². The zero-order valence-corrected chi connectivity index (χ0v) is 16.9. The lowest BCUT2D eigenvalue weighted by atomic mass is 9.80. The van der Waals surface area contributed by atoms with Crippen molar-refractivity contribution in [3.63, 3.8) is 0 Å². The number of hydrogen-bond acceptors (Lipinski definition) is 3. The van der Waals surface area contributed by atoms with Crippen molar-refractivity contribution in [1.29, 1.82) is 0 Å². The SMILES string of the molecule is CCC1(CC)COC(CCN2CC3CN(c4cccc(C)c4)CC3C2)C1. The van der Waals surface area contributed by atoms with Crippen molar-refractivity contribution in [2.24, 2.45) is 17.3 Å². The van der Waals surface area contributed by atoms with Gasteiger partial charge >= 0.3 is 0 Å². The van der Waals surface area contributed by atoms with Crippen LogP contribution in [0.2, 0.25) is 0 Å². The molecule has 3 nitrogen and oxygen atoms in total. The fraction of sp³-hybridized carbons (Fsp3) is 0.739. The molecule has 26 heavy (non-hydrogen) atoms. The van der Waals surface area contributed by atoms with Crippen molar-refractivity contribution in [2.75, 3.05) is 44.2 Å². The van der Waals surface area contributed by atoms with E-state index in [1.54, 1.807) is 0 Å². The Morgan fingerprint density at radius 1 is 1.08 bits per heavy atom. The summed E-state index contributed by atoms with van der Waals surface area (Å²) in [6, 6.07) is 9.00. The van der Waals surface area contributed by atoms with E-state index < -0.39 is 0 Å². The summed E-state index contributed by atoms with van der Waals surface area (Å²) in [6.45, 7) is 14.1. The molecule has 3 aliphatic rings. The summed E-state index contributed by atoms with van der Waals surface area (Å²) < 4.78 is 6.16. The van der Waals surface area contributed by atoms with Gasteiger partial charge in [0.15, 0.2) is 0 Å². The lowest BCUT2D eigenvalue weighted by Gasteiger charge is -2.25. The second-order valence-corrected chi connectivity index (χ2v) is 9.16. The molecule has 3 heterocycles. The Balaban J connectivity index is 1.24. The molecule has 3 unspecified atom stereocenters. The maximum atomic E-state index is 6.16. The minimum atomic E-state index is 0.473. The van der Waals surface area contributed by atoms with E-state index in [0.717, 1.165) is 18.4 Å². The molecular weight excluding hydrogens is 320 g/mol. The number of hydrogen-bond donors (Lipinski definition) is 0. The van der Waals surface area contributed by atoms with Gasteiger partial charge in [0.2, 0.25) is 0 Å². The zero-order valence-electron chi connectivity index (χ0n) is 16.9. The van der Waals surface area contributed by atoms with E-state index in [0.29, 0.717) is 11.5 Å². The van der Waals surface area contributed by atoms with Gasteiger partial charge in [-0.2, -0.15) is 0 Å². The summed E-state index contributed by atoms with van der Waals surface area (Å²) in [5, 5.41) is 0. The van der Waals surface area contributed by atoms with E-state index in [4.69, 9.17) is 4.74 Å². The molecule has 0 saturated carbocycles. The third kappa shape index (κ3) is 3.66. The van der Waals surface area contributed by atoms with Gasteiger partial charge in [-0.3, -0.25) is 0 Å². The second-order valence-electron chi connectivity index (χ2n) is 9.16. The molecule has 3 aliphatic heterocycles. The number of rotatable bonds is 6. The standard InChI is InChI=1S/C23H36N2O/c1-4-23(5-2)12-22(26-17-23)9-10-24-13-19-15-25(16-20(19)14-24)21-8-6-7-18(3)11-21/h6-8,11,19-20,22H,4-5,9-10,12-17H2,1-3H3. The van der Waals surface area contributed by atoms with Crippen molar-refractivity contribution in [2.45, 2.75) is 52.6 Å². The Kier molecular flexibility index (Phi) is 5.29. The largest absolute Gasteiger partial charge is 0.378 e. The van der Waals surface area contributed by atoms with Crippen LogP contribution >= 0.6 is 0 Å². The van der Waals surface area contributed by atoms with Gasteiger partial charge in [0.05, 0.1) is 12.7 Å². The first kappa shape index (κ1) is 18.3. The van der Waals surface area contributed by atoms with Crippen LogP contribution in [0, 0.1) is 24.2 Å². The Bertz CT molecular complexity index is 598. The molecule has 3 heteroatoms. The summed E-state index contributed by atoms with van der Waals surface area (Å²) in [7, 11) is 0. The quantitative estimate of drug-likeness (QED) is 0.754. The van der Waals surface area contributed by atoms with E-state index in [-0.39, 0.29) is 0 Å². The topological polar surface area (TPSA) is 15.7 Å². The molecule has 3 saturated heterocycles. The van der Waals surface area contributed by atoms with Gasteiger partial charge in [0.1, 0.15) is 0 Å². The highest BCUT2D eigenvalue weighted by molar-refractivity contribution is 5.49. The number of likely N-dealkylation sites (tertiary alicyclic amines) is 1. The van der Waals surface area contributed by atoms with Gasteiger partial charge in [-0.05, 0) is 67.6 Å². The number of ether oxygens (including phenoxy) is 1. The highest BCUT2D eigenvalue weighted by atomic mass is 16.5. The smallest absolute Gasteiger partial charge is 0.0593 e. The molecular formula is C23H36N2O. The van der Waals surface area contributed by atoms with Crippen LogP contribution in [-0.2, 0) is 4.74 Å². The number of anilines is 1. The fourth-order valence-corrected chi connectivity index (χ4v) is 5.46. The van der Waals surface area contributed by atoms with Crippen molar-refractivity contribution >= 4 is 5.69 Å². The number of nitrogens with zero attached hydrogens (tertiary/aromatic N) is 2. The summed E-state index contributed by atoms with van der Waals surface area (Å²) >= 11 is 0. The average molecular weight is 357 g/mol. The van der Waals surface area contributed by atoms with Crippen LogP contribution in [-0.4, -0.2) is 50.3 Å². The van der Waals surface area contributed by atoms with Crippen LogP contribution in [0.15, 0.2) is 24.3 Å². The van der Waals surface area contributed by atoms with Gasteiger partial charge in [-0.1, -0.05) is 26.0 Å². The molecule has 3 fully saturated rings. The van der Waals surface area contributed by atoms with E-state index in [1.807, 2.05) is 0 Å². The van der Waals surface area contributed by atoms with Crippen LogP contribution in [0.25, 0.3) is 0 Å². The average Bonchev–Trinajstić information content (AvgIpc) is 3.33. The highest BCUT2D eigenvalue weighted by Crippen LogP contribution is 2.40. The van der Waals surface area contributed by atoms with E-state index >= 15 is 0 Å². The predicted octanol–water partition coefficient (Wildman–Crippen LogP) is 4.35. The van der Waals surface area contributed by atoms with Gasteiger partial charge in [-0.25, -0.2) is 0 Å². The number of benzene rings is 1. The normalized spacial score (nSPS) is 30.9.